The first-order chi connectivity index (χ1) is 7.19. The molecule has 0 aliphatic carbocycles. The molecule has 1 N–H and O–H groups in total. The molecule has 0 saturated heterocycles. The van der Waals surface area contributed by atoms with Gasteiger partial charge in [0.05, 0.1) is 0 Å². The Hall–Kier alpha value is -1.02. The van der Waals surface area contributed by atoms with Gasteiger partial charge >= 0.3 is 0 Å². The fraction of sp³-hybridized carbons (Fsp3) is 0.538. The van der Waals surface area contributed by atoms with Crippen molar-refractivity contribution in [2.75, 3.05) is 24.6 Å². The third-order valence-corrected chi connectivity index (χ3v) is 2.16. The Morgan fingerprint density at radius 2 is 1.40 bits per heavy atom. The Morgan fingerprint density at radius 3 is 1.73 bits per heavy atom. The third kappa shape index (κ3) is 5.43. The zero-order valence-electron chi connectivity index (χ0n) is 10.3. The van der Waals surface area contributed by atoms with Gasteiger partial charge < -0.3 is 10.0 Å². The molecule has 2 heteroatoms. The van der Waals surface area contributed by atoms with E-state index in [1.54, 1.807) is 6.92 Å². The van der Waals surface area contributed by atoms with Crippen molar-refractivity contribution in [2.24, 2.45) is 0 Å². The molecule has 0 fully saturated rings. The third-order valence-electron chi connectivity index (χ3n) is 2.16. The van der Waals surface area contributed by atoms with E-state index in [0.29, 0.717) is 0 Å². The van der Waals surface area contributed by atoms with Crippen molar-refractivity contribution < 1.29 is 5.11 Å². The van der Waals surface area contributed by atoms with Crippen LogP contribution in [0.4, 0.5) is 5.69 Å². The van der Waals surface area contributed by atoms with E-state index in [4.69, 9.17) is 5.11 Å². The summed E-state index contributed by atoms with van der Waals surface area (Å²) in [7, 11) is 0. The molecule has 0 bridgehead atoms. The second-order valence-electron chi connectivity index (χ2n) is 3.32. The van der Waals surface area contributed by atoms with Gasteiger partial charge in [-0.2, -0.15) is 0 Å². The largest absolute Gasteiger partial charge is 0.397 e. The molecule has 0 heterocycles. The van der Waals surface area contributed by atoms with Gasteiger partial charge in [-0.3, -0.25) is 0 Å². The van der Waals surface area contributed by atoms with Gasteiger partial charge in [-0.25, -0.2) is 0 Å². The van der Waals surface area contributed by atoms with Crippen LogP contribution in [0, 0.1) is 6.92 Å². The molecule has 1 aromatic carbocycles. The van der Waals surface area contributed by atoms with E-state index in [9.17, 15) is 0 Å². The molecule has 0 amide bonds. The predicted octanol–water partition coefficient (Wildman–Crippen LogP) is 2.84. The molecule has 2 nitrogen and oxygen atoms in total. The first-order valence-electron chi connectivity index (χ1n) is 5.61. The Kier molecular flexibility index (Phi) is 7.74. The van der Waals surface area contributed by atoms with Crippen LogP contribution in [0.25, 0.3) is 0 Å². The Bertz CT molecular complexity index is 239. The van der Waals surface area contributed by atoms with Crippen molar-refractivity contribution in [3.05, 3.63) is 29.8 Å². The SMILES string of the molecule is CCN(CC)c1ccc(C)cc1.CCO. The molecule has 0 aromatic heterocycles. The fourth-order valence-electron chi connectivity index (χ4n) is 1.34. The number of nitrogens with zero attached hydrogens (tertiary/aromatic N) is 1. The quantitative estimate of drug-likeness (QED) is 0.827. The molecule has 0 aliphatic heterocycles. The van der Waals surface area contributed by atoms with Gasteiger partial charge in [-0.05, 0) is 39.8 Å². The van der Waals surface area contributed by atoms with Crippen LogP contribution in [-0.2, 0) is 0 Å². The van der Waals surface area contributed by atoms with Crippen molar-refractivity contribution in [1.82, 2.24) is 0 Å². The van der Waals surface area contributed by atoms with Crippen molar-refractivity contribution >= 4 is 5.69 Å². The Morgan fingerprint density at radius 1 is 1.00 bits per heavy atom. The number of aryl methyl sites for hydroxylation is 1. The summed E-state index contributed by atoms with van der Waals surface area (Å²) in [5.74, 6) is 0. The minimum Gasteiger partial charge on any atom is -0.397 e. The molecule has 0 unspecified atom stereocenters. The number of hydrogen-bond donors (Lipinski definition) is 1. The van der Waals surface area contributed by atoms with Crippen molar-refractivity contribution in [3.8, 4) is 0 Å². The second-order valence-corrected chi connectivity index (χ2v) is 3.32. The zero-order chi connectivity index (χ0) is 11.7. The molecule has 1 rings (SSSR count). The highest BCUT2D eigenvalue weighted by Crippen LogP contribution is 2.13. The summed E-state index contributed by atoms with van der Waals surface area (Å²) in [4.78, 5) is 2.35. The van der Waals surface area contributed by atoms with Gasteiger partial charge in [-0.1, -0.05) is 17.7 Å². The van der Waals surface area contributed by atoms with Gasteiger partial charge in [0.15, 0.2) is 0 Å². The highest BCUT2D eigenvalue weighted by Gasteiger charge is 1.98. The lowest BCUT2D eigenvalue weighted by Gasteiger charge is -2.20. The van der Waals surface area contributed by atoms with Gasteiger partial charge in [0.1, 0.15) is 0 Å². The average Bonchev–Trinajstić information content (AvgIpc) is 2.24. The summed E-state index contributed by atoms with van der Waals surface area (Å²) in [5, 5.41) is 7.57. The zero-order valence-corrected chi connectivity index (χ0v) is 10.3. The van der Waals surface area contributed by atoms with Gasteiger partial charge in [0.25, 0.3) is 0 Å². The summed E-state index contributed by atoms with van der Waals surface area (Å²) in [5.41, 5.74) is 2.65. The standard InChI is InChI=1S/C11H17N.C2H6O/c1-4-12(5-2)11-8-6-10(3)7-9-11;1-2-3/h6-9H,4-5H2,1-3H3;3H,2H2,1H3. The molecular formula is C13H23NO. The van der Waals surface area contributed by atoms with Crippen LogP contribution in [0.2, 0.25) is 0 Å². The van der Waals surface area contributed by atoms with Crippen molar-refractivity contribution in [3.63, 3.8) is 0 Å². The summed E-state index contributed by atoms with van der Waals surface area (Å²) in [6, 6.07) is 8.69. The lowest BCUT2D eigenvalue weighted by atomic mass is 10.2. The first-order valence-corrected chi connectivity index (χ1v) is 5.61. The molecule has 0 radical (unpaired) electrons. The molecule has 0 aliphatic rings. The summed E-state index contributed by atoms with van der Waals surface area (Å²) in [6.07, 6.45) is 0. The lowest BCUT2D eigenvalue weighted by Crippen LogP contribution is -2.21. The number of anilines is 1. The maximum Gasteiger partial charge on any atom is 0.0402 e. The summed E-state index contributed by atoms with van der Waals surface area (Å²) < 4.78 is 0. The highest BCUT2D eigenvalue weighted by molar-refractivity contribution is 5.47. The first kappa shape index (κ1) is 14.0. The van der Waals surface area contributed by atoms with Gasteiger partial charge in [0.2, 0.25) is 0 Å². The predicted molar refractivity (Wildman–Crippen MR) is 67.5 cm³/mol. The molecule has 0 saturated carbocycles. The minimum absolute atomic E-state index is 0.250. The van der Waals surface area contributed by atoms with Gasteiger partial charge in [0, 0.05) is 25.4 Å². The molecule has 0 spiro atoms. The van der Waals surface area contributed by atoms with E-state index >= 15 is 0 Å². The summed E-state index contributed by atoms with van der Waals surface area (Å²) >= 11 is 0. The topological polar surface area (TPSA) is 23.5 Å². The van der Waals surface area contributed by atoms with Crippen molar-refractivity contribution in [1.29, 1.82) is 0 Å². The maximum absolute atomic E-state index is 7.57. The Labute approximate surface area is 93.5 Å². The molecule has 86 valence electrons. The number of hydrogen-bond acceptors (Lipinski definition) is 2. The number of aliphatic hydroxyl groups is 1. The van der Waals surface area contributed by atoms with Gasteiger partial charge in [-0.15, -0.1) is 0 Å². The normalized spacial score (nSPS) is 9.13. The molecule has 15 heavy (non-hydrogen) atoms. The fourth-order valence-corrected chi connectivity index (χ4v) is 1.34. The summed E-state index contributed by atoms with van der Waals surface area (Å²) in [6.45, 7) is 10.6. The molecule has 1 aromatic rings. The van der Waals surface area contributed by atoms with Crippen LogP contribution in [0.5, 0.6) is 0 Å². The van der Waals surface area contributed by atoms with E-state index < -0.39 is 0 Å². The van der Waals surface area contributed by atoms with Crippen molar-refractivity contribution in [2.45, 2.75) is 27.7 Å². The van der Waals surface area contributed by atoms with E-state index in [0.717, 1.165) is 13.1 Å². The average molecular weight is 209 g/mol. The number of aliphatic hydroxyl groups excluding tert-OH is 1. The van der Waals surface area contributed by atoms with Crippen LogP contribution < -0.4 is 4.90 Å². The highest BCUT2D eigenvalue weighted by atomic mass is 16.2. The number of rotatable bonds is 3. The monoisotopic (exact) mass is 209 g/mol. The van der Waals surface area contributed by atoms with E-state index in [1.807, 2.05) is 0 Å². The van der Waals surface area contributed by atoms with Crippen LogP contribution in [0.1, 0.15) is 26.3 Å². The smallest absolute Gasteiger partial charge is 0.0402 e. The second kappa shape index (κ2) is 8.30. The molecular weight excluding hydrogens is 186 g/mol. The molecule has 0 atom stereocenters. The van der Waals surface area contributed by atoms with E-state index in [-0.39, 0.29) is 6.61 Å². The van der Waals surface area contributed by atoms with Crippen LogP contribution in [0.15, 0.2) is 24.3 Å². The Balaban J connectivity index is 0.000000583. The van der Waals surface area contributed by atoms with E-state index in [2.05, 4.69) is 49.9 Å². The number of benzene rings is 1. The van der Waals surface area contributed by atoms with E-state index in [1.165, 1.54) is 11.3 Å². The maximum atomic E-state index is 7.57. The van der Waals surface area contributed by atoms with Crippen LogP contribution in [0.3, 0.4) is 0 Å². The van der Waals surface area contributed by atoms with Crippen LogP contribution >= 0.6 is 0 Å². The lowest BCUT2D eigenvalue weighted by molar-refractivity contribution is 0.318. The van der Waals surface area contributed by atoms with Crippen LogP contribution in [-0.4, -0.2) is 24.8 Å². The minimum atomic E-state index is 0.250.